The van der Waals surface area contributed by atoms with Crippen LogP contribution in [0.1, 0.15) is 52.4 Å². The molecule has 0 aliphatic carbocycles. The summed E-state index contributed by atoms with van der Waals surface area (Å²) >= 11 is 0. The van der Waals surface area contributed by atoms with Crippen molar-refractivity contribution in [1.82, 2.24) is 5.01 Å². The molecule has 15 heavy (non-hydrogen) atoms. The number of nitrogens with zero attached hydrogens (tertiary/aromatic N) is 2. The maximum absolute atomic E-state index is 5.89. The molecule has 0 saturated carbocycles. The molecule has 0 aromatic carbocycles. The Morgan fingerprint density at radius 2 is 2.13 bits per heavy atom. The van der Waals surface area contributed by atoms with E-state index in [0.717, 1.165) is 18.9 Å². The van der Waals surface area contributed by atoms with Gasteiger partial charge >= 0.3 is 0 Å². The molecule has 0 aromatic heterocycles. The molecule has 3 nitrogen and oxygen atoms in total. The topological polar surface area (TPSA) is 41.6 Å². The molecule has 0 amide bonds. The van der Waals surface area contributed by atoms with Crippen LogP contribution in [0.5, 0.6) is 0 Å². The second-order valence-electron chi connectivity index (χ2n) is 4.39. The van der Waals surface area contributed by atoms with Crippen molar-refractivity contribution in [3.05, 3.63) is 0 Å². The van der Waals surface area contributed by atoms with Crippen molar-refractivity contribution in [3.63, 3.8) is 0 Å². The molecule has 0 fully saturated rings. The molecule has 1 aliphatic heterocycles. The van der Waals surface area contributed by atoms with Gasteiger partial charge in [0.1, 0.15) is 5.84 Å². The van der Waals surface area contributed by atoms with Crippen LogP contribution in [0.25, 0.3) is 0 Å². The first kappa shape index (κ1) is 12.5. The third-order valence-electron chi connectivity index (χ3n) is 3.17. The third kappa shape index (κ3) is 3.82. The predicted molar refractivity (Wildman–Crippen MR) is 65.7 cm³/mol. The normalized spacial score (nSPS) is 18.1. The average Bonchev–Trinajstić information content (AvgIpc) is 2.65. The fourth-order valence-corrected chi connectivity index (χ4v) is 2.17. The van der Waals surface area contributed by atoms with Gasteiger partial charge in [-0.05, 0) is 12.8 Å². The lowest BCUT2D eigenvalue weighted by molar-refractivity contribution is 0.430. The summed E-state index contributed by atoms with van der Waals surface area (Å²) < 4.78 is 0. The van der Waals surface area contributed by atoms with Gasteiger partial charge in [0, 0.05) is 5.92 Å². The van der Waals surface area contributed by atoms with Gasteiger partial charge < -0.3 is 0 Å². The Labute approximate surface area is 93.7 Å². The molecule has 0 aromatic rings. The fourth-order valence-electron chi connectivity index (χ4n) is 2.17. The van der Waals surface area contributed by atoms with Crippen LogP contribution in [-0.2, 0) is 0 Å². The highest BCUT2D eigenvalue weighted by Crippen LogP contribution is 2.19. The van der Waals surface area contributed by atoms with Crippen LogP contribution in [0.3, 0.4) is 0 Å². The monoisotopic (exact) mass is 211 g/mol. The zero-order chi connectivity index (χ0) is 11.1. The zero-order valence-electron chi connectivity index (χ0n) is 10.2. The number of unbranched alkanes of at least 4 members (excludes halogenated alkanes) is 3. The largest absolute Gasteiger partial charge is 0.297 e. The van der Waals surface area contributed by atoms with E-state index < -0.39 is 0 Å². The Bertz CT molecular complexity index is 201. The summed E-state index contributed by atoms with van der Waals surface area (Å²) in [5.41, 5.74) is 0. The van der Waals surface area contributed by atoms with E-state index in [9.17, 15) is 0 Å². The van der Waals surface area contributed by atoms with Crippen LogP contribution in [0.2, 0.25) is 0 Å². The van der Waals surface area contributed by atoms with Gasteiger partial charge in [-0.2, -0.15) is 0 Å². The summed E-state index contributed by atoms with van der Waals surface area (Å²) in [6.45, 7) is 6.28. The van der Waals surface area contributed by atoms with Gasteiger partial charge in [0.05, 0.1) is 13.1 Å². The maximum atomic E-state index is 5.89. The quantitative estimate of drug-likeness (QED) is 0.519. The van der Waals surface area contributed by atoms with Crippen LogP contribution < -0.4 is 5.84 Å². The summed E-state index contributed by atoms with van der Waals surface area (Å²) in [6.07, 6.45) is 7.75. The summed E-state index contributed by atoms with van der Waals surface area (Å²) in [5, 5.41) is 1.84. The highest BCUT2D eigenvalue weighted by atomic mass is 15.5. The first-order chi connectivity index (χ1) is 7.29. The maximum Gasteiger partial charge on any atom is 0.116 e. The number of rotatable bonds is 7. The van der Waals surface area contributed by atoms with Crippen LogP contribution in [0.4, 0.5) is 0 Å². The molecule has 3 heteroatoms. The third-order valence-corrected chi connectivity index (χ3v) is 3.17. The highest BCUT2D eigenvalue weighted by molar-refractivity contribution is 5.85. The van der Waals surface area contributed by atoms with E-state index in [1.54, 1.807) is 0 Å². The second-order valence-corrected chi connectivity index (χ2v) is 4.39. The molecule has 0 radical (unpaired) electrons. The van der Waals surface area contributed by atoms with Crippen molar-refractivity contribution >= 4 is 5.84 Å². The minimum absolute atomic E-state index is 0.592. The molecule has 2 N–H and O–H groups in total. The van der Waals surface area contributed by atoms with Crippen molar-refractivity contribution in [2.24, 2.45) is 16.8 Å². The van der Waals surface area contributed by atoms with Gasteiger partial charge in [-0.25, -0.2) is 5.84 Å². The zero-order valence-corrected chi connectivity index (χ0v) is 10.2. The molecule has 1 rings (SSSR count). The van der Waals surface area contributed by atoms with Crippen LogP contribution in [0, 0.1) is 5.92 Å². The Balaban J connectivity index is 2.29. The van der Waals surface area contributed by atoms with Crippen LogP contribution >= 0.6 is 0 Å². The van der Waals surface area contributed by atoms with Crippen molar-refractivity contribution in [2.45, 2.75) is 52.4 Å². The molecular formula is C12H25N3. The molecule has 0 saturated heterocycles. The smallest absolute Gasteiger partial charge is 0.116 e. The lowest BCUT2D eigenvalue weighted by atomic mass is 9.97. The minimum Gasteiger partial charge on any atom is -0.297 e. The van der Waals surface area contributed by atoms with Gasteiger partial charge in [0.15, 0.2) is 0 Å². The van der Waals surface area contributed by atoms with Crippen molar-refractivity contribution in [3.8, 4) is 0 Å². The molecule has 0 bridgehead atoms. The molecule has 1 unspecified atom stereocenters. The van der Waals surface area contributed by atoms with Gasteiger partial charge in [0.2, 0.25) is 0 Å². The lowest BCUT2D eigenvalue weighted by Crippen LogP contribution is -2.38. The molecular weight excluding hydrogens is 186 g/mol. The van der Waals surface area contributed by atoms with Gasteiger partial charge in [0.25, 0.3) is 0 Å². The van der Waals surface area contributed by atoms with E-state index in [4.69, 9.17) is 5.84 Å². The van der Waals surface area contributed by atoms with Crippen molar-refractivity contribution < 1.29 is 0 Å². The van der Waals surface area contributed by atoms with E-state index in [-0.39, 0.29) is 0 Å². The first-order valence-corrected chi connectivity index (χ1v) is 6.36. The lowest BCUT2D eigenvalue weighted by Gasteiger charge is -2.21. The summed E-state index contributed by atoms with van der Waals surface area (Å²) in [5.74, 6) is 7.63. The van der Waals surface area contributed by atoms with Crippen LogP contribution in [0.15, 0.2) is 4.99 Å². The standard InChI is InChI=1S/C12H25N3/c1-3-5-6-7-8-11(4-2)12-14-9-10-15(12)13/h11H,3-10,13H2,1-2H3. The molecule has 1 aliphatic rings. The van der Waals surface area contributed by atoms with Gasteiger partial charge in [-0.1, -0.05) is 39.5 Å². The van der Waals surface area contributed by atoms with Gasteiger partial charge in [-0.15, -0.1) is 0 Å². The average molecular weight is 211 g/mol. The number of hydrogen-bond donors (Lipinski definition) is 1. The van der Waals surface area contributed by atoms with Crippen molar-refractivity contribution in [2.75, 3.05) is 13.1 Å². The van der Waals surface area contributed by atoms with Crippen LogP contribution in [-0.4, -0.2) is 23.9 Å². The van der Waals surface area contributed by atoms with E-state index in [1.165, 1.54) is 38.5 Å². The first-order valence-electron chi connectivity index (χ1n) is 6.36. The van der Waals surface area contributed by atoms with Gasteiger partial charge in [-0.3, -0.25) is 10.0 Å². The number of nitrogens with two attached hydrogens (primary N) is 1. The summed E-state index contributed by atoms with van der Waals surface area (Å²) in [4.78, 5) is 4.50. The highest BCUT2D eigenvalue weighted by Gasteiger charge is 2.21. The second kappa shape index (κ2) is 6.83. The molecule has 1 atom stereocenters. The Morgan fingerprint density at radius 1 is 1.33 bits per heavy atom. The number of hydrazine groups is 1. The fraction of sp³-hybridized carbons (Fsp3) is 0.917. The van der Waals surface area contributed by atoms with E-state index in [2.05, 4.69) is 18.8 Å². The van der Waals surface area contributed by atoms with E-state index in [0.29, 0.717) is 5.92 Å². The molecule has 0 spiro atoms. The minimum atomic E-state index is 0.592. The van der Waals surface area contributed by atoms with E-state index >= 15 is 0 Å². The summed E-state index contributed by atoms with van der Waals surface area (Å²) in [6, 6.07) is 0. The SMILES string of the molecule is CCCCCCC(CC)C1=NCCN1N. The Hall–Kier alpha value is -0.570. The number of amidine groups is 1. The molecule has 88 valence electrons. The van der Waals surface area contributed by atoms with Crippen molar-refractivity contribution in [1.29, 1.82) is 0 Å². The Kier molecular flexibility index (Phi) is 5.69. The summed E-state index contributed by atoms with van der Waals surface area (Å²) in [7, 11) is 0. The molecule has 1 heterocycles. The number of hydrogen-bond acceptors (Lipinski definition) is 3. The Morgan fingerprint density at radius 3 is 2.67 bits per heavy atom. The predicted octanol–water partition coefficient (Wildman–Crippen LogP) is 2.57. The van der Waals surface area contributed by atoms with E-state index in [1.807, 2.05) is 5.01 Å². The number of aliphatic imine (C=N–C) groups is 1.